The number of halogens is 1. The molecule has 1 amide bonds. The lowest BCUT2D eigenvalue weighted by Gasteiger charge is -2.57. The largest absolute Gasteiger partial charge is 0.378 e. The van der Waals surface area contributed by atoms with Gasteiger partial charge in [0.15, 0.2) is 5.13 Å². The maximum atomic E-state index is 12.5. The lowest BCUT2D eigenvalue weighted by atomic mass is 9.54. The lowest BCUT2D eigenvalue weighted by Crippen LogP contribution is -2.74. The van der Waals surface area contributed by atoms with Crippen molar-refractivity contribution in [2.75, 3.05) is 11.9 Å². The van der Waals surface area contributed by atoms with Gasteiger partial charge in [-0.2, -0.15) is 0 Å². The first-order valence-corrected chi connectivity index (χ1v) is 7.70. The van der Waals surface area contributed by atoms with E-state index < -0.39 is 5.54 Å². The number of aryl methyl sites for hydroxylation is 2. The number of nitrogens with two attached hydrogens (primary N) is 1. The van der Waals surface area contributed by atoms with Gasteiger partial charge < -0.3 is 15.8 Å². The number of amides is 1. The first-order valence-electron chi connectivity index (χ1n) is 6.88. The molecule has 0 aliphatic heterocycles. The van der Waals surface area contributed by atoms with E-state index in [4.69, 9.17) is 10.5 Å². The first kappa shape index (κ1) is 18.4. The third-order valence-corrected chi connectivity index (χ3v) is 5.47. The van der Waals surface area contributed by atoms with E-state index in [2.05, 4.69) is 10.3 Å². The fourth-order valence-electron chi connectivity index (χ4n) is 2.56. The van der Waals surface area contributed by atoms with E-state index in [0.717, 1.165) is 10.6 Å². The Bertz CT molecular complexity index is 513. The normalized spacial score (nSPS) is 26.7. The van der Waals surface area contributed by atoms with Crippen LogP contribution in [0.3, 0.4) is 0 Å². The van der Waals surface area contributed by atoms with Gasteiger partial charge in [-0.3, -0.25) is 4.79 Å². The van der Waals surface area contributed by atoms with Crippen LogP contribution in [0, 0.1) is 19.3 Å². The number of ether oxygens (including phenoxy) is 1. The Kier molecular flexibility index (Phi) is 5.42. The zero-order valence-electron chi connectivity index (χ0n) is 13.1. The van der Waals surface area contributed by atoms with E-state index in [9.17, 15) is 4.79 Å². The molecule has 0 spiro atoms. The van der Waals surface area contributed by atoms with Crippen molar-refractivity contribution in [2.45, 2.75) is 52.7 Å². The molecular formula is C14H24ClN3O2S. The first-order chi connectivity index (χ1) is 9.22. The topological polar surface area (TPSA) is 77.2 Å². The van der Waals surface area contributed by atoms with Crippen LogP contribution >= 0.6 is 23.7 Å². The van der Waals surface area contributed by atoms with Crippen molar-refractivity contribution in [3.63, 3.8) is 0 Å². The van der Waals surface area contributed by atoms with E-state index >= 15 is 0 Å². The molecule has 1 aromatic heterocycles. The molecule has 2 unspecified atom stereocenters. The summed E-state index contributed by atoms with van der Waals surface area (Å²) in [5.41, 5.74) is 5.98. The minimum atomic E-state index is -0.902. The third kappa shape index (κ3) is 2.95. The van der Waals surface area contributed by atoms with Crippen molar-refractivity contribution in [1.82, 2.24) is 4.98 Å². The third-order valence-electron chi connectivity index (χ3n) is 4.48. The molecule has 2 rings (SSSR count). The van der Waals surface area contributed by atoms with Crippen LogP contribution in [-0.2, 0) is 9.53 Å². The Morgan fingerprint density at radius 3 is 2.57 bits per heavy atom. The summed E-state index contributed by atoms with van der Waals surface area (Å²) in [6.45, 7) is 10.5. The summed E-state index contributed by atoms with van der Waals surface area (Å²) in [6.07, 6.45) is 0.575. The minimum Gasteiger partial charge on any atom is -0.378 e. The average Bonchev–Trinajstić information content (AvgIpc) is 2.67. The Balaban J connectivity index is 0.00000220. The molecule has 1 saturated carbocycles. The van der Waals surface area contributed by atoms with Crippen LogP contribution in [0.4, 0.5) is 5.13 Å². The second-order valence-corrected chi connectivity index (χ2v) is 7.16. The Morgan fingerprint density at radius 2 is 2.14 bits per heavy atom. The average molecular weight is 334 g/mol. The number of rotatable bonds is 4. The van der Waals surface area contributed by atoms with Gasteiger partial charge in [0, 0.05) is 23.3 Å². The highest BCUT2D eigenvalue weighted by atomic mass is 35.5. The summed E-state index contributed by atoms with van der Waals surface area (Å²) in [6, 6.07) is 0. The molecule has 21 heavy (non-hydrogen) atoms. The lowest BCUT2D eigenvalue weighted by molar-refractivity contribution is -0.166. The summed E-state index contributed by atoms with van der Waals surface area (Å²) in [7, 11) is 0. The van der Waals surface area contributed by atoms with Gasteiger partial charge in [-0.05, 0) is 20.8 Å². The number of hydrogen-bond donors (Lipinski definition) is 2. The maximum absolute atomic E-state index is 12.5. The van der Waals surface area contributed by atoms with Crippen LogP contribution in [0.15, 0.2) is 0 Å². The van der Waals surface area contributed by atoms with Crippen LogP contribution in [-0.4, -0.2) is 29.1 Å². The number of hydrogen-bond acceptors (Lipinski definition) is 5. The zero-order chi connectivity index (χ0) is 15.1. The van der Waals surface area contributed by atoms with Gasteiger partial charge in [0.2, 0.25) is 5.91 Å². The highest BCUT2D eigenvalue weighted by Gasteiger charge is 2.62. The van der Waals surface area contributed by atoms with Crippen molar-refractivity contribution >= 4 is 34.8 Å². The molecular weight excluding hydrogens is 310 g/mol. The Hall–Kier alpha value is -0.690. The van der Waals surface area contributed by atoms with Crippen molar-refractivity contribution in [3.8, 4) is 0 Å². The molecule has 1 aliphatic carbocycles. The number of aromatic nitrogens is 1. The molecule has 0 radical (unpaired) electrons. The number of nitrogens with zero attached hydrogens (tertiary/aromatic N) is 1. The van der Waals surface area contributed by atoms with E-state index in [1.807, 2.05) is 34.6 Å². The Morgan fingerprint density at radius 1 is 1.52 bits per heavy atom. The summed E-state index contributed by atoms with van der Waals surface area (Å²) in [5, 5.41) is 3.47. The van der Waals surface area contributed by atoms with E-state index in [1.54, 1.807) is 0 Å². The molecule has 7 heteroatoms. The molecule has 0 saturated heterocycles. The van der Waals surface area contributed by atoms with Crippen molar-refractivity contribution in [3.05, 3.63) is 10.6 Å². The molecule has 5 nitrogen and oxygen atoms in total. The molecule has 0 aromatic carbocycles. The van der Waals surface area contributed by atoms with Gasteiger partial charge in [-0.25, -0.2) is 4.98 Å². The molecule has 3 N–H and O–H groups in total. The number of carbonyl (C=O) groups excluding carboxylic acids is 1. The van der Waals surface area contributed by atoms with Gasteiger partial charge in [0.05, 0.1) is 11.8 Å². The quantitative estimate of drug-likeness (QED) is 0.888. The van der Waals surface area contributed by atoms with Crippen molar-refractivity contribution < 1.29 is 9.53 Å². The van der Waals surface area contributed by atoms with E-state index in [0.29, 0.717) is 18.2 Å². The van der Waals surface area contributed by atoms with E-state index in [-0.39, 0.29) is 29.8 Å². The summed E-state index contributed by atoms with van der Waals surface area (Å²) >= 11 is 1.47. The van der Waals surface area contributed by atoms with Crippen molar-refractivity contribution in [1.29, 1.82) is 0 Å². The summed E-state index contributed by atoms with van der Waals surface area (Å²) in [5.74, 6) is -0.174. The molecule has 1 aliphatic rings. The van der Waals surface area contributed by atoms with Gasteiger partial charge in [-0.1, -0.05) is 13.8 Å². The second-order valence-electron chi connectivity index (χ2n) is 5.96. The molecule has 1 aromatic rings. The minimum absolute atomic E-state index is 0. The Labute approximate surface area is 136 Å². The van der Waals surface area contributed by atoms with Gasteiger partial charge in [0.1, 0.15) is 5.54 Å². The fourth-order valence-corrected chi connectivity index (χ4v) is 3.37. The van der Waals surface area contributed by atoms with Crippen LogP contribution in [0.1, 0.15) is 37.8 Å². The van der Waals surface area contributed by atoms with Crippen molar-refractivity contribution in [2.24, 2.45) is 11.1 Å². The smallest absolute Gasteiger partial charge is 0.246 e. The van der Waals surface area contributed by atoms with Crippen LogP contribution in [0.5, 0.6) is 0 Å². The SMILES string of the molecule is CCOC1CC(N)(C(=O)Nc2nc(C)c(C)s2)C1(C)C.Cl. The molecule has 0 bridgehead atoms. The van der Waals surface area contributed by atoms with Crippen LogP contribution < -0.4 is 11.1 Å². The predicted octanol–water partition coefficient (Wildman–Crippen LogP) is 2.65. The molecule has 120 valence electrons. The van der Waals surface area contributed by atoms with Gasteiger partial charge >= 0.3 is 0 Å². The van der Waals surface area contributed by atoms with E-state index in [1.165, 1.54) is 11.3 Å². The van der Waals surface area contributed by atoms with Gasteiger partial charge in [0.25, 0.3) is 0 Å². The number of nitrogens with one attached hydrogen (secondary N) is 1. The molecule has 1 heterocycles. The predicted molar refractivity (Wildman–Crippen MR) is 88.2 cm³/mol. The van der Waals surface area contributed by atoms with Gasteiger partial charge in [-0.15, -0.1) is 23.7 Å². The monoisotopic (exact) mass is 333 g/mol. The number of carbonyl (C=O) groups is 1. The molecule has 1 fully saturated rings. The zero-order valence-corrected chi connectivity index (χ0v) is 14.8. The number of anilines is 1. The van der Waals surface area contributed by atoms with Crippen LogP contribution in [0.25, 0.3) is 0 Å². The second kappa shape index (κ2) is 6.20. The standard InChI is InChI=1S/C14H23N3O2S.ClH/c1-6-19-10-7-14(15,13(10,4)5)11(18)17-12-16-8(2)9(3)20-12;/h10H,6-7,15H2,1-5H3,(H,16,17,18);1H. The summed E-state index contributed by atoms with van der Waals surface area (Å²) < 4.78 is 5.64. The molecule has 2 atom stereocenters. The highest BCUT2D eigenvalue weighted by molar-refractivity contribution is 7.15. The highest BCUT2D eigenvalue weighted by Crippen LogP contribution is 2.50. The maximum Gasteiger partial charge on any atom is 0.246 e. The summed E-state index contributed by atoms with van der Waals surface area (Å²) in [4.78, 5) is 17.9. The van der Waals surface area contributed by atoms with Crippen LogP contribution in [0.2, 0.25) is 0 Å². The number of thiazole rings is 1. The fraction of sp³-hybridized carbons (Fsp3) is 0.714.